The molecule has 0 N–H and O–H groups in total. The second kappa shape index (κ2) is 11.4. The number of rotatable bonds is 8. The fourth-order valence-electron chi connectivity index (χ4n) is 5.77. The van der Waals surface area contributed by atoms with Crippen LogP contribution in [0.2, 0.25) is 0 Å². The van der Waals surface area contributed by atoms with E-state index < -0.39 is 0 Å². The Morgan fingerprint density at radius 1 is 0.553 bits per heavy atom. The van der Waals surface area contributed by atoms with Gasteiger partial charge in [-0.15, -0.1) is 0 Å². The summed E-state index contributed by atoms with van der Waals surface area (Å²) in [5.41, 5.74) is 6.25. The minimum Gasteiger partial charge on any atom is -0.493 e. The molecule has 1 aliphatic rings. The van der Waals surface area contributed by atoms with E-state index in [9.17, 15) is 0 Å². The molecule has 4 aromatic carbocycles. The smallest absolute Gasteiger partial charge is 0.161 e. The molecule has 3 atom stereocenters. The molecule has 0 spiro atoms. The molecule has 0 unspecified atom stereocenters. The second-order valence-electron chi connectivity index (χ2n) is 9.44. The first-order valence-electron chi connectivity index (χ1n) is 12.4. The Balaban J connectivity index is 1.74. The van der Waals surface area contributed by atoms with Crippen LogP contribution >= 0.6 is 31.9 Å². The largest absolute Gasteiger partial charge is 0.493 e. The molecule has 0 amide bonds. The number of hydrogen-bond donors (Lipinski definition) is 0. The lowest BCUT2D eigenvalue weighted by molar-refractivity contribution is 0.353. The van der Waals surface area contributed by atoms with Crippen molar-refractivity contribution in [1.82, 2.24) is 0 Å². The first-order chi connectivity index (χ1) is 18.5. The molecule has 0 saturated heterocycles. The summed E-state index contributed by atoms with van der Waals surface area (Å²) < 4.78 is 24.9. The molecule has 0 bridgehead atoms. The molecule has 4 nitrogen and oxygen atoms in total. The Bertz CT molecular complexity index is 1420. The lowest BCUT2D eigenvalue weighted by Gasteiger charge is -2.27. The van der Waals surface area contributed by atoms with Gasteiger partial charge in [0.05, 0.1) is 28.4 Å². The van der Waals surface area contributed by atoms with Crippen molar-refractivity contribution < 1.29 is 18.9 Å². The third kappa shape index (κ3) is 5.04. The van der Waals surface area contributed by atoms with Crippen LogP contribution in [0.3, 0.4) is 0 Å². The van der Waals surface area contributed by atoms with Crippen molar-refractivity contribution in [2.24, 2.45) is 0 Å². The van der Waals surface area contributed by atoms with E-state index in [1.54, 1.807) is 28.4 Å². The molecular formula is C32H30Br2O4. The highest BCUT2D eigenvalue weighted by Crippen LogP contribution is 2.58. The maximum absolute atomic E-state index is 5.77. The van der Waals surface area contributed by atoms with Crippen LogP contribution in [0.25, 0.3) is 0 Å². The van der Waals surface area contributed by atoms with Gasteiger partial charge in [0.1, 0.15) is 0 Å². The molecule has 0 radical (unpaired) electrons. The first-order valence-corrected chi connectivity index (χ1v) is 14.0. The lowest BCUT2D eigenvalue weighted by Crippen LogP contribution is -2.14. The van der Waals surface area contributed by atoms with E-state index in [1.165, 1.54) is 27.8 Å². The standard InChI is InChI=1S/C32H30Br2O4/c1-35-27-14-9-21(16-28(27)36-2)32-26-18-30(38-4)29(37-3)17-24(26)25(15-19-5-10-22(33)11-6-19)31(32)20-7-12-23(34)13-8-20/h5-14,16-18,25,31-32H,15H2,1-4H3/t25-,31-,32-/m1/s1. The molecule has 1 aliphatic carbocycles. The Morgan fingerprint density at radius 2 is 1.05 bits per heavy atom. The molecule has 6 heteroatoms. The quantitative estimate of drug-likeness (QED) is 0.194. The number of fused-ring (bicyclic) bond motifs is 1. The summed E-state index contributed by atoms with van der Waals surface area (Å²) in [6.07, 6.45) is 0.889. The summed E-state index contributed by atoms with van der Waals surface area (Å²) in [7, 11) is 6.73. The summed E-state index contributed by atoms with van der Waals surface area (Å²) in [5.74, 6) is 3.38. The molecule has 0 aliphatic heterocycles. The number of benzene rings is 4. The van der Waals surface area contributed by atoms with Gasteiger partial charge in [0.2, 0.25) is 0 Å². The first kappa shape index (κ1) is 26.6. The highest BCUT2D eigenvalue weighted by Gasteiger charge is 2.43. The van der Waals surface area contributed by atoms with Gasteiger partial charge in [-0.2, -0.15) is 0 Å². The van der Waals surface area contributed by atoms with Gasteiger partial charge >= 0.3 is 0 Å². The minimum atomic E-state index is 0.0752. The number of hydrogen-bond acceptors (Lipinski definition) is 4. The zero-order chi connectivity index (χ0) is 26.8. The molecule has 38 heavy (non-hydrogen) atoms. The van der Waals surface area contributed by atoms with Crippen molar-refractivity contribution in [2.75, 3.05) is 28.4 Å². The predicted molar refractivity (Wildman–Crippen MR) is 158 cm³/mol. The average molecular weight is 638 g/mol. The molecule has 4 aromatic rings. The lowest BCUT2D eigenvalue weighted by atomic mass is 9.76. The van der Waals surface area contributed by atoms with Gasteiger partial charge in [-0.1, -0.05) is 62.2 Å². The molecule has 0 aromatic heterocycles. The van der Waals surface area contributed by atoms with Gasteiger partial charge in [-0.25, -0.2) is 0 Å². The molecule has 196 valence electrons. The summed E-state index contributed by atoms with van der Waals surface area (Å²) in [4.78, 5) is 0. The van der Waals surface area contributed by atoms with Gasteiger partial charge in [0.15, 0.2) is 23.0 Å². The van der Waals surface area contributed by atoms with E-state index in [0.29, 0.717) is 5.75 Å². The van der Waals surface area contributed by atoms with Crippen LogP contribution in [0.15, 0.2) is 87.8 Å². The average Bonchev–Trinajstić information content (AvgIpc) is 3.26. The summed E-state index contributed by atoms with van der Waals surface area (Å²) in [6, 6.07) is 27.9. The zero-order valence-electron chi connectivity index (χ0n) is 21.8. The van der Waals surface area contributed by atoms with Crippen molar-refractivity contribution >= 4 is 31.9 Å². The number of ether oxygens (including phenoxy) is 4. The van der Waals surface area contributed by atoms with Crippen molar-refractivity contribution in [3.8, 4) is 23.0 Å². The van der Waals surface area contributed by atoms with Gasteiger partial charge in [-0.3, -0.25) is 0 Å². The van der Waals surface area contributed by atoms with E-state index in [-0.39, 0.29) is 17.8 Å². The van der Waals surface area contributed by atoms with Crippen molar-refractivity contribution in [3.63, 3.8) is 0 Å². The third-order valence-electron chi connectivity index (χ3n) is 7.51. The zero-order valence-corrected chi connectivity index (χ0v) is 25.0. The van der Waals surface area contributed by atoms with Gasteiger partial charge in [-0.05, 0) is 88.7 Å². The van der Waals surface area contributed by atoms with E-state index in [4.69, 9.17) is 18.9 Å². The van der Waals surface area contributed by atoms with Crippen LogP contribution in [0.4, 0.5) is 0 Å². The summed E-state index contributed by atoms with van der Waals surface area (Å²) in [6.45, 7) is 0. The monoisotopic (exact) mass is 636 g/mol. The Morgan fingerprint density at radius 3 is 1.63 bits per heavy atom. The number of methoxy groups -OCH3 is 4. The predicted octanol–water partition coefficient (Wildman–Crippen LogP) is 8.50. The van der Waals surface area contributed by atoms with Gasteiger partial charge in [0.25, 0.3) is 0 Å². The summed E-state index contributed by atoms with van der Waals surface area (Å²) in [5, 5.41) is 0. The molecule has 5 rings (SSSR count). The van der Waals surface area contributed by atoms with Crippen molar-refractivity contribution in [3.05, 3.63) is 116 Å². The van der Waals surface area contributed by atoms with Gasteiger partial charge < -0.3 is 18.9 Å². The van der Waals surface area contributed by atoms with E-state index in [2.05, 4.69) is 105 Å². The second-order valence-corrected chi connectivity index (χ2v) is 11.3. The van der Waals surface area contributed by atoms with E-state index >= 15 is 0 Å². The fourth-order valence-corrected chi connectivity index (χ4v) is 6.30. The Kier molecular flexibility index (Phi) is 8.01. The van der Waals surface area contributed by atoms with Crippen molar-refractivity contribution in [2.45, 2.75) is 24.2 Å². The van der Waals surface area contributed by atoms with Crippen LogP contribution in [-0.4, -0.2) is 28.4 Å². The maximum atomic E-state index is 5.77. The van der Waals surface area contributed by atoms with Crippen LogP contribution in [-0.2, 0) is 6.42 Å². The topological polar surface area (TPSA) is 36.9 Å². The highest BCUT2D eigenvalue weighted by molar-refractivity contribution is 9.10. The third-order valence-corrected chi connectivity index (χ3v) is 8.56. The fraction of sp³-hybridized carbons (Fsp3) is 0.250. The Hall–Kier alpha value is -2.96. The van der Waals surface area contributed by atoms with Crippen LogP contribution in [0.5, 0.6) is 23.0 Å². The summed E-state index contributed by atoms with van der Waals surface area (Å²) >= 11 is 7.21. The SMILES string of the molecule is COc1ccc([C@@H]2c3cc(OC)c(OC)cc3[C@@H](Cc3ccc(Br)cc3)[C@H]2c2ccc(Br)cc2)cc1OC. The molecule has 0 fully saturated rings. The van der Waals surface area contributed by atoms with Gasteiger partial charge in [0, 0.05) is 20.8 Å². The molecular weight excluding hydrogens is 608 g/mol. The number of halogens is 2. The van der Waals surface area contributed by atoms with Crippen LogP contribution in [0, 0.1) is 0 Å². The normalized spacial score (nSPS) is 18.1. The van der Waals surface area contributed by atoms with Crippen LogP contribution < -0.4 is 18.9 Å². The highest BCUT2D eigenvalue weighted by atomic mass is 79.9. The maximum Gasteiger partial charge on any atom is 0.161 e. The van der Waals surface area contributed by atoms with E-state index in [1.807, 2.05) is 6.07 Å². The van der Waals surface area contributed by atoms with Crippen LogP contribution in [0.1, 0.15) is 45.6 Å². The minimum absolute atomic E-state index is 0.0752. The van der Waals surface area contributed by atoms with E-state index in [0.717, 1.165) is 32.6 Å². The van der Waals surface area contributed by atoms with Crippen molar-refractivity contribution in [1.29, 1.82) is 0 Å². The molecule has 0 heterocycles. The molecule has 0 saturated carbocycles. The Labute approximate surface area is 241 Å².